The molecule has 1 aromatic rings. The third kappa shape index (κ3) is 4.04. The molecule has 0 saturated carbocycles. The molecular formula is C19H28N2O4S. The maximum absolute atomic E-state index is 13.1. The van der Waals surface area contributed by atoms with Crippen molar-refractivity contribution in [1.29, 1.82) is 0 Å². The summed E-state index contributed by atoms with van der Waals surface area (Å²) in [7, 11) is -3.65. The second kappa shape index (κ2) is 8.39. The summed E-state index contributed by atoms with van der Waals surface area (Å²) in [5.41, 5.74) is 0.424. The quantitative estimate of drug-likeness (QED) is 0.788. The van der Waals surface area contributed by atoms with E-state index in [0.29, 0.717) is 31.0 Å². The average molecular weight is 381 g/mol. The number of hydrogen-bond acceptors (Lipinski definition) is 4. The molecule has 0 N–H and O–H groups in total. The Hall–Kier alpha value is -1.60. The maximum atomic E-state index is 13.1. The number of carbonyl (C=O) groups is 1. The molecule has 2 aliphatic rings. The van der Waals surface area contributed by atoms with Gasteiger partial charge in [0.1, 0.15) is 10.6 Å². The Labute approximate surface area is 156 Å². The topological polar surface area (TPSA) is 66.9 Å². The lowest BCUT2D eigenvalue weighted by Gasteiger charge is -2.22. The van der Waals surface area contributed by atoms with E-state index in [1.165, 1.54) is 10.4 Å². The standard InChI is InChI=1S/C19H28N2O4S/c1-2-25-17-10-9-16(19(22)20-11-5-3-4-6-12-20)15-18(17)26(23,24)21-13-7-8-14-21/h9-10,15H,2-8,11-14H2,1H3. The van der Waals surface area contributed by atoms with Crippen LogP contribution in [0.1, 0.15) is 55.8 Å². The first-order chi connectivity index (χ1) is 12.5. The summed E-state index contributed by atoms with van der Waals surface area (Å²) in [6.07, 6.45) is 6.03. The lowest BCUT2D eigenvalue weighted by Crippen LogP contribution is -2.32. The van der Waals surface area contributed by atoms with Crippen molar-refractivity contribution in [3.63, 3.8) is 0 Å². The van der Waals surface area contributed by atoms with Gasteiger partial charge in [0.2, 0.25) is 10.0 Å². The minimum atomic E-state index is -3.65. The van der Waals surface area contributed by atoms with Gasteiger partial charge >= 0.3 is 0 Å². The second-order valence-corrected chi connectivity index (χ2v) is 8.82. The van der Waals surface area contributed by atoms with Gasteiger partial charge in [0, 0.05) is 31.7 Å². The number of ether oxygens (including phenoxy) is 1. The minimum Gasteiger partial charge on any atom is -0.492 e. The van der Waals surface area contributed by atoms with E-state index in [1.54, 1.807) is 12.1 Å². The highest BCUT2D eigenvalue weighted by molar-refractivity contribution is 7.89. The number of nitrogens with zero attached hydrogens (tertiary/aromatic N) is 2. The first-order valence-corrected chi connectivity index (χ1v) is 11.0. The SMILES string of the molecule is CCOc1ccc(C(=O)N2CCCCCC2)cc1S(=O)(=O)N1CCCC1. The molecule has 0 spiro atoms. The highest BCUT2D eigenvalue weighted by Gasteiger charge is 2.31. The van der Waals surface area contributed by atoms with Gasteiger partial charge in [0.25, 0.3) is 5.91 Å². The largest absolute Gasteiger partial charge is 0.492 e. The third-order valence-corrected chi connectivity index (χ3v) is 6.99. The number of sulfonamides is 1. The van der Waals surface area contributed by atoms with E-state index in [-0.39, 0.29) is 10.8 Å². The van der Waals surface area contributed by atoms with Gasteiger partial charge in [-0.25, -0.2) is 8.42 Å². The molecule has 1 aromatic carbocycles. The number of carbonyl (C=O) groups excluding carboxylic acids is 1. The van der Waals surface area contributed by atoms with Crippen LogP contribution in [0.5, 0.6) is 5.75 Å². The molecule has 26 heavy (non-hydrogen) atoms. The van der Waals surface area contributed by atoms with Crippen LogP contribution in [-0.4, -0.2) is 56.3 Å². The van der Waals surface area contributed by atoms with Crippen LogP contribution in [0.4, 0.5) is 0 Å². The van der Waals surface area contributed by atoms with Crippen LogP contribution in [0, 0.1) is 0 Å². The Morgan fingerprint density at radius 1 is 1.00 bits per heavy atom. The number of rotatable bonds is 5. The molecule has 0 unspecified atom stereocenters. The molecule has 2 aliphatic heterocycles. The predicted molar refractivity (Wildman–Crippen MR) is 100.0 cm³/mol. The van der Waals surface area contributed by atoms with Gasteiger partial charge in [0.15, 0.2) is 0 Å². The summed E-state index contributed by atoms with van der Waals surface area (Å²) in [4.78, 5) is 14.9. The smallest absolute Gasteiger partial charge is 0.253 e. The van der Waals surface area contributed by atoms with Crippen LogP contribution in [-0.2, 0) is 10.0 Å². The third-order valence-electron chi connectivity index (χ3n) is 5.07. The fourth-order valence-corrected chi connectivity index (χ4v) is 5.32. The Kier molecular flexibility index (Phi) is 6.19. The van der Waals surface area contributed by atoms with Gasteiger partial charge in [-0.1, -0.05) is 12.8 Å². The molecule has 0 radical (unpaired) electrons. The zero-order chi connectivity index (χ0) is 18.6. The lowest BCUT2D eigenvalue weighted by atomic mass is 10.2. The van der Waals surface area contributed by atoms with Crippen molar-refractivity contribution in [2.75, 3.05) is 32.8 Å². The Morgan fingerprint density at radius 3 is 2.23 bits per heavy atom. The second-order valence-electron chi connectivity index (χ2n) is 6.91. The van der Waals surface area contributed by atoms with Gasteiger partial charge in [-0.05, 0) is 50.8 Å². The molecule has 7 heteroatoms. The van der Waals surface area contributed by atoms with E-state index in [1.807, 2.05) is 11.8 Å². The molecule has 144 valence electrons. The normalized spacial score (nSPS) is 19.3. The van der Waals surface area contributed by atoms with E-state index >= 15 is 0 Å². The number of hydrogen-bond donors (Lipinski definition) is 0. The highest BCUT2D eigenvalue weighted by Crippen LogP contribution is 2.30. The van der Waals surface area contributed by atoms with Crippen LogP contribution in [0.2, 0.25) is 0 Å². The number of amides is 1. The summed E-state index contributed by atoms with van der Waals surface area (Å²) in [6, 6.07) is 4.81. The van der Waals surface area contributed by atoms with Crippen molar-refractivity contribution < 1.29 is 17.9 Å². The van der Waals surface area contributed by atoms with Gasteiger partial charge < -0.3 is 9.64 Å². The molecule has 2 heterocycles. The maximum Gasteiger partial charge on any atom is 0.253 e. The summed E-state index contributed by atoms with van der Waals surface area (Å²) in [5, 5.41) is 0. The molecule has 0 aromatic heterocycles. The first kappa shape index (κ1) is 19.2. The van der Waals surface area contributed by atoms with Crippen molar-refractivity contribution in [2.24, 2.45) is 0 Å². The first-order valence-electron chi connectivity index (χ1n) is 9.60. The Balaban J connectivity index is 1.94. The monoisotopic (exact) mass is 380 g/mol. The molecule has 1 amide bonds. The van der Waals surface area contributed by atoms with Crippen molar-refractivity contribution in [2.45, 2.75) is 50.3 Å². The minimum absolute atomic E-state index is 0.0900. The summed E-state index contributed by atoms with van der Waals surface area (Å²) < 4.78 is 33.2. The molecule has 0 aliphatic carbocycles. The van der Waals surface area contributed by atoms with Gasteiger partial charge in [-0.15, -0.1) is 0 Å². The van der Waals surface area contributed by atoms with Crippen molar-refractivity contribution >= 4 is 15.9 Å². The van der Waals surface area contributed by atoms with Gasteiger partial charge in [0.05, 0.1) is 6.61 Å². The Morgan fingerprint density at radius 2 is 1.62 bits per heavy atom. The molecular weight excluding hydrogens is 352 g/mol. The van der Waals surface area contributed by atoms with E-state index in [9.17, 15) is 13.2 Å². The van der Waals surface area contributed by atoms with Gasteiger partial charge in [-0.2, -0.15) is 4.31 Å². The zero-order valence-electron chi connectivity index (χ0n) is 15.4. The van der Waals surface area contributed by atoms with Crippen LogP contribution in [0.15, 0.2) is 23.1 Å². The molecule has 0 bridgehead atoms. The summed E-state index contributed by atoms with van der Waals surface area (Å²) >= 11 is 0. The molecule has 6 nitrogen and oxygen atoms in total. The fraction of sp³-hybridized carbons (Fsp3) is 0.632. The summed E-state index contributed by atoms with van der Waals surface area (Å²) in [5.74, 6) is 0.236. The van der Waals surface area contributed by atoms with Crippen LogP contribution < -0.4 is 4.74 Å². The molecule has 2 fully saturated rings. The van der Waals surface area contributed by atoms with Crippen molar-refractivity contribution in [1.82, 2.24) is 9.21 Å². The van der Waals surface area contributed by atoms with E-state index in [0.717, 1.165) is 51.6 Å². The predicted octanol–water partition coefficient (Wildman–Crippen LogP) is 2.89. The molecule has 3 rings (SSSR count). The van der Waals surface area contributed by atoms with Crippen LogP contribution >= 0.6 is 0 Å². The zero-order valence-corrected chi connectivity index (χ0v) is 16.3. The van der Waals surface area contributed by atoms with Gasteiger partial charge in [-0.3, -0.25) is 4.79 Å². The average Bonchev–Trinajstić information content (AvgIpc) is 3.06. The van der Waals surface area contributed by atoms with E-state index < -0.39 is 10.0 Å². The summed E-state index contributed by atoms with van der Waals surface area (Å²) in [6.45, 7) is 4.72. The Bertz CT molecular complexity index is 734. The fourth-order valence-electron chi connectivity index (χ4n) is 3.64. The van der Waals surface area contributed by atoms with Crippen LogP contribution in [0.3, 0.4) is 0 Å². The van der Waals surface area contributed by atoms with Crippen molar-refractivity contribution in [3.8, 4) is 5.75 Å². The number of likely N-dealkylation sites (tertiary alicyclic amines) is 1. The number of benzene rings is 1. The van der Waals surface area contributed by atoms with E-state index in [2.05, 4.69) is 0 Å². The molecule has 0 atom stereocenters. The lowest BCUT2D eigenvalue weighted by molar-refractivity contribution is 0.0761. The molecule has 2 saturated heterocycles. The van der Waals surface area contributed by atoms with Crippen molar-refractivity contribution in [3.05, 3.63) is 23.8 Å². The highest BCUT2D eigenvalue weighted by atomic mass is 32.2. The van der Waals surface area contributed by atoms with E-state index in [4.69, 9.17) is 4.74 Å². The van der Waals surface area contributed by atoms with Crippen LogP contribution in [0.25, 0.3) is 0 Å².